The second kappa shape index (κ2) is 5.79. The Morgan fingerprint density at radius 1 is 1.37 bits per heavy atom. The van der Waals surface area contributed by atoms with Crippen molar-refractivity contribution in [2.75, 3.05) is 18.0 Å². The minimum Gasteiger partial charge on any atom is -0.477 e. The Hall–Kier alpha value is -2.41. The average molecular weight is 373 g/mol. The van der Waals surface area contributed by atoms with Gasteiger partial charge in [-0.05, 0) is 31.2 Å². The molecule has 2 heterocycles. The number of halogens is 1. The summed E-state index contributed by atoms with van der Waals surface area (Å²) in [7, 11) is 0. The molecule has 2 aromatic rings. The van der Waals surface area contributed by atoms with Gasteiger partial charge in [0.2, 0.25) is 5.43 Å². The molecule has 0 radical (unpaired) electrons. The molecule has 3 N–H and O–H groups in total. The summed E-state index contributed by atoms with van der Waals surface area (Å²) in [6.07, 6.45) is 3.25. The molecule has 1 aliphatic carbocycles. The molecule has 0 unspecified atom stereocenters. The molecule has 7 heteroatoms. The number of hydrogen-bond acceptors (Lipinski definition) is 4. The van der Waals surface area contributed by atoms with Crippen LogP contribution in [-0.2, 0) is 0 Å². The molecule has 1 atom stereocenters. The number of nitrogens with two attached hydrogens (primary N) is 1. The first-order chi connectivity index (χ1) is 12.6. The summed E-state index contributed by atoms with van der Waals surface area (Å²) >= 11 is 0. The molecular formula is C20H24FN3O3. The third kappa shape index (κ3) is 2.72. The largest absolute Gasteiger partial charge is 0.477 e. The molecule has 1 aromatic heterocycles. The zero-order chi connectivity index (χ0) is 19.7. The highest BCUT2D eigenvalue weighted by atomic mass is 19.1. The number of anilines is 1. The first-order valence-electron chi connectivity index (χ1n) is 9.23. The summed E-state index contributed by atoms with van der Waals surface area (Å²) in [4.78, 5) is 26.2. The van der Waals surface area contributed by atoms with E-state index in [-0.39, 0.29) is 34.0 Å². The number of aryl methyl sites for hydroxylation is 1. The molecule has 1 aromatic carbocycles. The number of rotatable bonds is 3. The van der Waals surface area contributed by atoms with Crippen LogP contribution in [0, 0.1) is 18.2 Å². The van der Waals surface area contributed by atoms with Crippen LogP contribution in [0.25, 0.3) is 10.9 Å². The molecule has 0 amide bonds. The van der Waals surface area contributed by atoms with Crippen molar-refractivity contribution in [3.05, 3.63) is 39.4 Å². The topological polar surface area (TPSA) is 88.6 Å². The predicted octanol–water partition coefficient (Wildman–Crippen LogP) is 2.66. The van der Waals surface area contributed by atoms with Crippen molar-refractivity contribution in [1.82, 2.24) is 4.57 Å². The van der Waals surface area contributed by atoms with E-state index in [1.54, 1.807) is 13.0 Å². The van der Waals surface area contributed by atoms with Crippen LogP contribution in [0.15, 0.2) is 17.1 Å². The van der Waals surface area contributed by atoms with Crippen LogP contribution in [0.5, 0.6) is 0 Å². The lowest BCUT2D eigenvalue weighted by Gasteiger charge is -2.24. The summed E-state index contributed by atoms with van der Waals surface area (Å²) in [5.41, 5.74) is 6.36. The van der Waals surface area contributed by atoms with Gasteiger partial charge in [0, 0.05) is 36.9 Å². The number of carbonyl (C=O) groups is 1. The van der Waals surface area contributed by atoms with E-state index in [0.29, 0.717) is 24.3 Å². The maximum atomic E-state index is 15.2. The van der Waals surface area contributed by atoms with E-state index in [0.717, 1.165) is 12.8 Å². The van der Waals surface area contributed by atoms with Crippen molar-refractivity contribution in [3.63, 3.8) is 0 Å². The predicted molar refractivity (Wildman–Crippen MR) is 102 cm³/mol. The van der Waals surface area contributed by atoms with Gasteiger partial charge in [-0.15, -0.1) is 0 Å². The molecule has 1 saturated heterocycles. The summed E-state index contributed by atoms with van der Waals surface area (Å²) < 4.78 is 17.1. The standard InChI is InChI=1S/C20H24FN3O3/c1-10-16-13(24(11-4-5-11)7-12(18(16)25)19(26)27)6-14(17(10)21)23-8-15(22)20(2,3)9-23/h6-7,11,15H,4-5,8-9,22H2,1-3H3,(H,26,27)/t15-/m1/s1. The van der Waals surface area contributed by atoms with Gasteiger partial charge in [-0.25, -0.2) is 9.18 Å². The number of carboxylic acids is 1. The van der Waals surface area contributed by atoms with Crippen LogP contribution in [0.2, 0.25) is 0 Å². The second-order valence-electron chi connectivity index (χ2n) is 8.52. The summed E-state index contributed by atoms with van der Waals surface area (Å²) in [6.45, 7) is 6.82. The van der Waals surface area contributed by atoms with E-state index in [2.05, 4.69) is 13.8 Å². The molecule has 4 rings (SSSR count). The number of pyridine rings is 1. The molecule has 144 valence electrons. The van der Waals surface area contributed by atoms with E-state index in [1.807, 2.05) is 9.47 Å². The van der Waals surface area contributed by atoms with Crippen molar-refractivity contribution in [2.45, 2.75) is 45.7 Å². The minimum atomic E-state index is -1.28. The van der Waals surface area contributed by atoms with Crippen molar-refractivity contribution in [1.29, 1.82) is 0 Å². The number of aromatic nitrogens is 1. The Balaban J connectivity index is 1.98. The lowest BCUT2D eigenvalue weighted by molar-refractivity contribution is 0.0695. The van der Waals surface area contributed by atoms with Gasteiger partial charge in [-0.1, -0.05) is 13.8 Å². The number of benzene rings is 1. The smallest absolute Gasteiger partial charge is 0.341 e. The minimum absolute atomic E-state index is 0.0760. The maximum Gasteiger partial charge on any atom is 0.341 e. The van der Waals surface area contributed by atoms with Crippen molar-refractivity contribution < 1.29 is 14.3 Å². The quantitative estimate of drug-likeness (QED) is 0.863. The Morgan fingerprint density at radius 2 is 2.04 bits per heavy atom. The number of nitrogens with zero attached hydrogens (tertiary/aromatic N) is 2. The zero-order valence-electron chi connectivity index (χ0n) is 15.8. The molecule has 2 aliphatic rings. The van der Waals surface area contributed by atoms with Crippen molar-refractivity contribution in [2.24, 2.45) is 11.1 Å². The van der Waals surface area contributed by atoms with Gasteiger partial charge >= 0.3 is 5.97 Å². The average Bonchev–Trinajstić information content (AvgIpc) is 3.37. The van der Waals surface area contributed by atoms with E-state index in [4.69, 9.17) is 5.73 Å². The van der Waals surface area contributed by atoms with Crippen LogP contribution in [0.1, 0.15) is 48.7 Å². The third-order valence-electron chi connectivity index (χ3n) is 6.01. The monoisotopic (exact) mass is 373 g/mol. The lowest BCUT2D eigenvalue weighted by Crippen LogP contribution is -2.35. The molecule has 0 spiro atoms. The fourth-order valence-corrected chi connectivity index (χ4v) is 4.03. The third-order valence-corrected chi connectivity index (χ3v) is 6.01. The molecule has 6 nitrogen and oxygen atoms in total. The van der Waals surface area contributed by atoms with Gasteiger partial charge in [0.05, 0.1) is 16.6 Å². The van der Waals surface area contributed by atoms with E-state index in [1.165, 1.54) is 6.20 Å². The van der Waals surface area contributed by atoms with Gasteiger partial charge in [0.15, 0.2) is 0 Å². The van der Waals surface area contributed by atoms with Gasteiger partial charge in [-0.3, -0.25) is 4.79 Å². The summed E-state index contributed by atoms with van der Waals surface area (Å²) in [5.74, 6) is -1.76. The van der Waals surface area contributed by atoms with Crippen molar-refractivity contribution >= 4 is 22.6 Å². The zero-order valence-corrected chi connectivity index (χ0v) is 15.8. The fraction of sp³-hybridized carbons (Fsp3) is 0.500. The Labute approximate surface area is 156 Å². The van der Waals surface area contributed by atoms with E-state index >= 15 is 4.39 Å². The second-order valence-corrected chi connectivity index (χ2v) is 8.52. The molecular weight excluding hydrogens is 349 g/mol. The molecule has 0 bridgehead atoms. The molecule has 1 saturated carbocycles. The van der Waals surface area contributed by atoms with Gasteiger partial charge in [0.1, 0.15) is 11.4 Å². The van der Waals surface area contributed by atoms with Crippen LogP contribution < -0.4 is 16.1 Å². The summed E-state index contributed by atoms with van der Waals surface area (Å²) in [6, 6.07) is 1.77. The summed E-state index contributed by atoms with van der Waals surface area (Å²) in [5, 5.41) is 9.55. The molecule has 27 heavy (non-hydrogen) atoms. The first kappa shape index (κ1) is 18.0. The number of fused-ring (bicyclic) bond motifs is 1. The fourth-order valence-electron chi connectivity index (χ4n) is 4.03. The van der Waals surface area contributed by atoms with Crippen LogP contribution >= 0.6 is 0 Å². The van der Waals surface area contributed by atoms with Crippen LogP contribution in [0.4, 0.5) is 10.1 Å². The molecule has 1 aliphatic heterocycles. The van der Waals surface area contributed by atoms with Gasteiger partial charge < -0.3 is 20.3 Å². The Bertz CT molecular complexity index is 1020. The van der Waals surface area contributed by atoms with E-state index < -0.39 is 17.2 Å². The highest BCUT2D eigenvalue weighted by Crippen LogP contribution is 2.40. The van der Waals surface area contributed by atoms with Gasteiger partial charge in [0.25, 0.3) is 0 Å². The highest BCUT2D eigenvalue weighted by molar-refractivity contribution is 5.95. The normalized spacial score (nSPS) is 21.8. The maximum absolute atomic E-state index is 15.2. The SMILES string of the molecule is Cc1c(F)c(N2C[C@@H](N)C(C)(C)C2)cc2c1c(=O)c(C(=O)O)cn2C1CC1. The molecule has 2 fully saturated rings. The number of carboxylic acid groups (broad SMARTS) is 1. The Kier molecular flexibility index (Phi) is 3.86. The first-order valence-corrected chi connectivity index (χ1v) is 9.23. The number of hydrogen-bond donors (Lipinski definition) is 2. The van der Waals surface area contributed by atoms with Crippen LogP contribution in [0.3, 0.4) is 0 Å². The van der Waals surface area contributed by atoms with Gasteiger partial charge in [-0.2, -0.15) is 0 Å². The number of aromatic carboxylic acids is 1. The van der Waals surface area contributed by atoms with E-state index in [9.17, 15) is 14.7 Å². The van der Waals surface area contributed by atoms with Crippen LogP contribution in [-0.4, -0.2) is 34.8 Å². The Morgan fingerprint density at radius 3 is 2.56 bits per heavy atom. The lowest BCUT2D eigenvalue weighted by atomic mass is 9.89. The highest BCUT2D eigenvalue weighted by Gasteiger charge is 2.38. The van der Waals surface area contributed by atoms with Crippen molar-refractivity contribution in [3.8, 4) is 0 Å².